The van der Waals surface area contributed by atoms with E-state index in [1.54, 1.807) is 25.1 Å². The maximum absolute atomic E-state index is 11.5. The lowest BCUT2D eigenvalue weighted by Gasteiger charge is -2.16. The Hall–Kier alpha value is -2.89. The van der Waals surface area contributed by atoms with Crippen molar-refractivity contribution in [3.8, 4) is 23.0 Å². The van der Waals surface area contributed by atoms with Crippen LogP contribution < -0.4 is 18.9 Å². The van der Waals surface area contributed by atoms with E-state index in [2.05, 4.69) is 0 Å². The molecule has 0 aromatic heterocycles. The number of carboxylic acids is 1. The average molecular weight is 332 g/mol. The van der Waals surface area contributed by atoms with Crippen molar-refractivity contribution in [3.63, 3.8) is 0 Å². The molecular weight excluding hydrogens is 312 g/mol. The van der Waals surface area contributed by atoms with E-state index in [0.717, 1.165) is 0 Å². The molecule has 2 rings (SSSR count). The van der Waals surface area contributed by atoms with Crippen molar-refractivity contribution < 1.29 is 28.8 Å². The molecule has 0 aliphatic carbocycles. The SMILES string of the molecule is CCOc1cc(OCC)c(OCOc2ccccc2)c(C(=O)O)c1. The minimum Gasteiger partial charge on any atom is -0.494 e. The van der Waals surface area contributed by atoms with Crippen LogP contribution in [-0.2, 0) is 0 Å². The van der Waals surface area contributed by atoms with Crippen LogP contribution in [0.2, 0.25) is 0 Å². The topological polar surface area (TPSA) is 74.2 Å². The van der Waals surface area contributed by atoms with Crippen molar-refractivity contribution in [2.24, 2.45) is 0 Å². The van der Waals surface area contributed by atoms with Gasteiger partial charge in [-0.05, 0) is 32.0 Å². The average Bonchev–Trinajstić information content (AvgIpc) is 2.57. The molecule has 0 atom stereocenters. The number of hydrogen-bond acceptors (Lipinski definition) is 5. The molecule has 2 aromatic carbocycles. The molecule has 24 heavy (non-hydrogen) atoms. The molecule has 0 heterocycles. The van der Waals surface area contributed by atoms with Crippen LogP contribution in [0.4, 0.5) is 0 Å². The van der Waals surface area contributed by atoms with Crippen molar-refractivity contribution >= 4 is 5.97 Å². The van der Waals surface area contributed by atoms with Crippen LogP contribution in [-0.4, -0.2) is 31.1 Å². The highest BCUT2D eigenvalue weighted by Gasteiger charge is 2.20. The number of carbonyl (C=O) groups is 1. The van der Waals surface area contributed by atoms with Crippen molar-refractivity contribution in [3.05, 3.63) is 48.0 Å². The van der Waals surface area contributed by atoms with Crippen LogP contribution >= 0.6 is 0 Å². The van der Waals surface area contributed by atoms with E-state index < -0.39 is 5.97 Å². The third-order valence-corrected chi connectivity index (χ3v) is 3.04. The Morgan fingerprint density at radius 2 is 1.62 bits per heavy atom. The van der Waals surface area contributed by atoms with E-state index in [0.29, 0.717) is 30.5 Å². The third kappa shape index (κ3) is 4.55. The standard InChI is InChI=1S/C18H20O6/c1-3-21-14-10-15(18(19)20)17(16(11-14)22-4-2)24-12-23-13-8-6-5-7-9-13/h5-11H,3-4,12H2,1-2H3,(H,19,20). The first-order chi connectivity index (χ1) is 11.7. The molecule has 0 radical (unpaired) electrons. The molecule has 6 heteroatoms. The molecule has 128 valence electrons. The first kappa shape index (κ1) is 17.5. The van der Waals surface area contributed by atoms with Gasteiger partial charge in [-0.25, -0.2) is 4.79 Å². The Morgan fingerprint density at radius 1 is 0.917 bits per heavy atom. The molecule has 0 saturated carbocycles. The van der Waals surface area contributed by atoms with Gasteiger partial charge in [0.25, 0.3) is 0 Å². The molecule has 0 spiro atoms. The largest absolute Gasteiger partial charge is 0.494 e. The molecule has 0 bridgehead atoms. The van der Waals surface area contributed by atoms with Crippen molar-refractivity contribution in [1.82, 2.24) is 0 Å². The van der Waals surface area contributed by atoms with Gasteiger partial charge in [-0.15, -0.1) is 0 Å². The molecule has 0 saturated heterocycles. The highest BCUT2D eigenvalue weighted by molar-refractivity contribution is 5.92. The number of ether oxygens (including phenoxy) is 4. The summed E-state index contributed by atoms with van der Waals surface area (Å²) in [5.74, 6) is 0.321. The van der Waals surface area contributed by atoms with Crippen LogP contribution in [0.15, 0.2) is 42.5 Å². The highest BCUT2D eigenvalue weighted by Crippen LogP contribution is 2.36. The normalized spacial score (nSPS) is 10.1. The number of para-hydroxylation sites is 1. The lowest BCUT2D eigenvalue weighted by molar-refractivity contribution is 0.0678. The van der Waals surface area contributed by atoms with E-state index in [-0.39, 0.29) is 18.1 Å². The minimum atomic E-state index is -1.13. The van der Waals surface area contributed by atoms with Crippen LogP contribution in [0.3, 0.4) is 0 Å². The Kier molecular flexibility index (Phi) is 6.31. The zero-order valence-electron chi connectivity index (χ0n) is 13.7. The van der Waals surface area contributed by atoms with Crippen LogP contribution in [0.5, 0.6) is 23.0 Å². The van der Waals surface area contributed by atoms with Gasteiger partial charge in [0.05, 0.1) is 13.2 Å². The van der Waals surface area contributed by atoms with Gasteiger partial charge in [-0.3, -0.25) is 0 Å². The second kappa shape index (κ2) is 8.67. The summed E-state index contributed by atoms with van der Waals surface area (Å²) >= 11 is 0. The Labute approximate surface area is 140 Å². The Bertz CT molecular complexity index is 669. The Balaban J connectivity index is 2.23. The first-order valence-corrected chi connectivity index (χ1v) is 7.63. The van der Waals surface area contributed by atoms with Gasteiger partial charge in [0.2, 0.25) is 6.79 Å². The predicted molar refractivity (Wildman–Crippen MR) is 88.3 cm³/mol. The molecule has 0 amide bonds. The zero-order chi connectivity index (χ0) is 17.4. The number of aromatic carboxylic acids is 1. The minimum absolute atomic E-state index is 0.0407. The van der Waals surface area contributed by atoms with Gasteiger partial charge in [0.15, 0.2) is 11.5 Å². The summed E-state index contributed by atoms with van der Waals surface area (Å²) in [5.41, 5.74) is -0.0407. The number of benzene rings is 2. The van der Waals surface area contributed by atoms with Gasteiger partial charge in [0.1, 0.15) is 17.1 Å². The quantitative estimate of drug-likeness (QED) is 0.707. The number of rotatable bonds is 9. The molecule has 0 aliphatic heterocycles. The summed E-state index contributed by atoms with van der Waals surface area (Å²) < 4.78 is 21.9. The third-order valence-electron chi connectivity index (χ3n) is 3.04. The fourth-order valence-electron chi connectivity index (χ4n) is 2.07. The molecule has 0 unspecified atom stereocenters. The summed E-state index contributed by atoms with van der Waals surface area (Å²) in [4.78, 5) is 11.5. The second-order valence-corrected chi connectivity index (χ2v) is 4.69. The van der Waals surface area contributed by atoms with Gasteiger partial charge >= 0.3 is 5.97 Å². The van der Waals surface area contributed by atoms with Crippen molar-refractivity contribution in [2.45, 2.75) is 13.8 Å². The van der Waals surface area contributed by atoms with Gasteiger partial charge in [-0.2, -0.15) is 0 Å². The maximum Gasteiger partial charge on any atom is 0.339 e. The monoisotopic (exact) mass is 332 g/mol. The summed E-state index contributed by atoms with van der Waals surface area (Å²) in [6, 6.07) is 12.1. The predicted octanol–water partition coefficient (Wildman–Crippen LogP) is 3.60. The lowest BCUT2D eigenvalue weighted by atomic mass is 10.1. The maximum atomic E-state index is 11.5. The fraction of sp³-hybridized carbons (Fsp3) is 0.278. The molecule has 1 N–H and O–H groups in total. The first-order valence-electron chi connectivity index (χ1n) is 7.63. The van der Waals surface area contributed by atoms with E-state index in [1.807, 2.05) is 25.1 Å². The van der Waals surface area contributed by atoms with Crippen molar-refractivity contribution in [2.75, 3.05) is 20.0 Å². The molecule has 0 fully saturated rings. The second-order valence-electron chi connectivity index (χ2n) is 4.69. The summed E-state index contributed by atoms with van der Waals surface area (Å²) in [7, 11) is 0. The van der Waals surface area contributed by atoms with E-state index in [9.17, 15) is 9.90 Å². The van der Waals surface area contributed by atoms with E-state index >= 15 is 0 Å². The van der Waals surface area contributed by atoms with Gasteiger partial charge < -0.3 is 24.1 Å². The Morgan fingerprint density at radius 3 is 2.25 bits per heavy atom. The molecular formula is C18H20O6. The smallest absolute Gasteiger partial charge is 0.339 e. The van der Waals surface area contributed by atoms with Crippen molar-refractivity contribution in [1.29, 1.82) is 0 Å². The molecule has 0 aliphatic rings. The lowest BCUT2D eigenvalue weighted by Crippen LogP contribution is -2.11. The number of carboxylic acid groups (broad SMARTS) is 1. The van der Waals surface area contributed by atoms with Gasteiger partial charge in [-0.1, -0.05) is 18.2 Å². The summed E-state index contributed by atoms with van der Waals surface area (Å²) in [6.45, 7) is 4.27. The zero-order valence-corrected chi connectivity index (χ0v) is 13.7. The summed E-state index contributed by atoms with van der Waals surface area (Å²) in [6.07, 6.45) is 0. The van der Waals surface area contributed by atoms with E-state index in [4.69, 9.17) is 18.9 Å². The van der Waals surface area contributed by atoms with Crippen LogP contribution in [0, 0.1) is 0 Å². The highest BCUT2D eigenvalue weighted by atomic mass is 16.7. The summed E-state index contributed by atoms with van der Waals surface area (Å²) in [5, 5.41) is 9.44. The number of hydrogen-bond donors (Lipinski definition) is 1. The van der Waals surface area contributed by atoms with E-state index in [1.165, 1.54) is 6.07 Å². The van der Waals surface area contributed by atoms with Crippen LogP contribution in [0.25, 0.3) is 0 Å². The molecule has 6 nitrogen and oxygen atoms in total. The van der Waals surface area contributed by atoms with Gasteiger partial charge in [0, 0.05) is 6.07 Å². The van der Waals surface area contributed by atoms with Crippen LogP contribution in [0.1, 0.15) is 24.2 Å². The molecule has 2 aromatic rings. The fourth-order valence-corrected chi connectivity index (χ4v) is 2.07.